The summed E-state index contributed by atoms with van der Waals surface area (Å²) in [6, 6.07) is 18.9. The average molecular weight is 734 g/mol. The molecule has 3 aromatic rings. The molecule has 13 nitrogen and oxygen atoms in total. The SMILES string of the molecule is COC(=O)N[C@H](C(=O)N[C@@H](Cc1ccc(-c2cccc(OC)n2)cc1)C[C@H](O)[C@H](Cc1ccccc1)NC(=O)[C@@H](N(C)C(=O)O)C(C)(C)C)C(C)(C)C. The molecule has 0 radical (unpaired) electrons. The molecule has 1 heterocycles. The van der Waals surface area contributed by atoms with Crippen LogP contribution in [0.3, 0.4) is 0 Å². The summed E-state index contributed by atoms with van der Waals surface area (Å²) in [5, 5.41) is 30.3. The van der Waals surface area contributed by atoms with Crippen molar-refractivity contribution in [1.82, 2.24) is 25.8 Å². The highest BCUT2D eigenvalue weighted by Gasteiger charge is 2.40. The molecule has 0 saturated heterocycles. The molecule has 2 aromatic carbocycles. The van der Waals surface area contributed by atoms with Crippen molar-refractivity contribution in [2.24, 2.45) is 10.8 Å². The molecule has 5 atom stereocenters. The van der Waals surface area contributed by atoms with Gasteiger partial charge in [-0.25, -0.2) is 14.6 Å². The number of carboxylic acid groups (broad SMARTS) is 1. The molecule has 0 fully saturated rings. The van der Waals surface area contributed by atoms with Gasteiger partial charge in [0.25, 0.3) is 0 Å². The summed E-state index contributed by atoms with van der Waals surface area (Å²) in [6.45, 7) is 10.8. The number of amides is 4. The number of aliphatic hydroxyl groups excluding tert-OH is 1. The van der Waals surface area contributed by atoms with Gasteiger partial charge in [-0.3, -0.25) is 14.5 Å². The Morgan fingerprint density at radius 2 is 1.40 bits per heavy atom. The molecule has 0 aliphatic carbocycles. The third-order valence-corrected chi connectivity index (χ3v) is 8.96. The maximum absolute atomic E-state index is 13.9. The first-order chi connectivity index (χ1) is 24.8. The summed E-state index contributed by atoms with van der Waals surface area (Å²) >= 11 is 0. The van der Waals surface area contributed by atoms with E-state index in [9.17, 15) is 29.4 Å². The molecule has 3 rings (SSSR count). The minimum Gasteiger partial charge on any atom is -0.481 e. The topological polar surface area (TPSA) is 179 Å². The Balaban J connectivity index is 1.99. The van der Waals surface area contributed by atoms with Gasteiger partial charge in [0.2, 0.25) is 17.7 Å². The number of aliphatic hydroxyl groups is 1. The fraction of sp³-hybridized carbons (Fsp3) is 0.475. The number of carbonyl (C=O) groups is 4. The lowest BCUT2D eigenvalue weighted by Gasteiger charge is -2.37. The van der Waals surface area contributed by atoms with Crippen LogP contribution in [0.5, 0.6) is 5.88 Å². The average Bonchev–Trinajstić information content (AvgIpc) is 3.09. The molecule has 13 heteroatoms. The van der Waals surface area contributed by atoms with Crippen LogP contribution in [-0.4, -0.2) is 95.6 Å². The zero-order valence-electron chi connectivity index (χ0n) is 32.2. The standard InChI is InChI=1S/C40H55N5O8/c1-39(2,3)33(44-37(49)53-9)35(47)41-28(22-26-18-20-27(21-19-26)29-16-13-17-32(42-29)52-8)24-31(46)30(23-25-14-11-10-12-15-25)43-36(48)34(40(4,5)6)45(7)38(50)51/h10-21,28,30-31,33-34,46H,22-24H2,1-9H3,(H,41,47)(H,43,48)(H,44,49)(H,50,51)/t28-,30-,31-,33+,34+/m0/s1. The van der Waals surface area contributed by atoms with Crippen LogP contribution in [0.1, 0.15) is 59.1 Å². The van der Waals surface area contributed by atoms with Crippen LogP contribution in [-0.2, 0) is 27.2 Å². The summed E-state index contributed by atoms with van der Waals surface area (Å²) in [6.07, 6.45) is -2.68. The Kier molecular flexibility index (Phi) is 14.8. The maximum Gasteiger partial charge on any atom is 0.407 e. The number of methoxy groups -OCH3 is 2. The number of aromatic nitrogens is 1. The largest absolute Gasteiger partial charge is 0.481 e. The minimum absolute atomic E-state index is 0.00670. The number of nitrogens with zero attached hydrogens (tertiary/aromatic N) is 2. The van der Waals surface area contributed by atoms with Crippen molar-refractivity contribution in [2.75, 3.05) is 21.3 Å². The predicted octanol–water partition coefficient (Wildman–Crippen LogP) is 5.06. The van der Waals surface area contributed by atoms with E-state index in [1.165, 1.54) is 14.2 Å². The van der Waals surface area contributed by atoms with Gasteiger partial charge in [0.05, 0.1) is 32.1 Å². The first-order valence-corrected chi connectivity index (χ1v) is 17.6. The van der Waals surface area contributed by atoms with Gasteiger partial charge in [0.1, 0.15) is 12.1 Å². The van der Waals surface area contributed by atoms with E-state index in [1.807, 2.05) is 87.5 Å². The number of pyridine rings is 1. The Hall–Kier alpha value is -5.17. The van der Waals surface area contributed by atoms with Crippen molar-refractivity contribution in [3.8, 4) is 17.1 Å². The second-order valence-electron chi connectivity index (χ2n) is 15.4. The highest BCUT2D eigenvalue weighted by molar-refractivity contribution is 5.87. The molecule has 0 bridgehead atoms. The van der Waals surface area contributed by atoms with Gasteiger partial charge in [0.15, 0.2) is 0 Å². The first kappa shape index (κ1) is 42.2. The Morgan fingerprint density at radius 3 is 1.94 bits per heavy atom. The smallest absolute Gasteiger partial charge is 0.407 e. The number of alkyl carbamates (subject to hydrolysis) is 1. The Labute approximate surface area is 312 Å². The van der Waals surface area contributed by atoms with Gasteiger partial charge < -0.3 is 35.6 Å². The summed E-state index contributed by atoms with van der Waals surface area (Å²) in [7, 11) is 4.11. The molecule has 5 N–H and O–H groups in total. The summed E-state index contributed by atoms with van der Waals surface area (Å²) in [4.78, 5) is 57.4. The van der Waals surface area contributed by atoms with Crippen LogP contribution >= 0.6 is 0 Å². The molecule has 0 spiro atoms. The van der Waals surface area contributed by atoms with E-state index in [-0.39, 0.29) is 12.8 Å². The normalized spacial score (nSPS) is 14.5. The lowest BCUT2D eigenvalue weighted by atomic mass is 9.84. The fourth-order valence-electron chi connectivity index (χ4n) is 6.24. The van der Waals surface area contributed by atoms with Gasteiger partial charge in [-0.15, -0.1) is 0 Å². The van der Waals surface area contributed by atoms with Gasteiger partial charge >= 0.3 is 12.2 Å². The highest BCUT2D eigenvalue weighted by atomic mass is 16.5. The highest BCUT2D eigenvalue weighted by Crippen LogP contribution is 2.26. The number of carbonyl (C=O) groups excluding carboxylic acids is 3. The zero-order chi connectivity index (χ0) is 39.5. The number of hydrogen-bond donors (Lipinski definition) is 5. The molecule has 4 amide bonds. The quantitative estimate of drug-likeness (QED) is 0.143. The van der Waals surface area contributed by atoms with Crippen LogP contribution in [0, 0.1) is 10.8 Å². The molecular weight excluding hydrogens is 678 g/mol. The van der Waals surface area contributed by atoms with Gasteiger partial charge in [0, 0.05) is 24.7 Å². The minimum atomic E-state index is -1.26. The molecule has 0 aliphatic heterocycles. The van der Waals surface area contributed by atoms with Crippen molar-refractivity contribution in [1.29, 1.82) is 0 Å². The maximum atomic E-state index is 13.9. The van der Waals surface area contributed by atoms with Crippen LogP contribution in [0.2, 0.25) is 0 Å². The van der Waals surface area contributed by atoms with Crippen LogP contribution in [0.25, 0.3) is 11.3 Å². The van der Waals surface area contributed by atoms with E-state index in [1.54, 1.807) is 33.9 Å². The molecule has 0 unspecified atom stereocenters. The van der Waals surface area contributed by atoms with Crippen molar-refractivity contribution >= 4 is 24.0 Å². The third kappa shape index (κ3) is 12.5. The number of nitrogens with one attached hydrogen (secondary N) is 3. The Morgan fingerprint density at radius 1 is 0.774 bits per heavy atom. The second-order valence-corrected chi connectivity index (χ2v) is 15.4. The van der Waals surface area contributed by atoms with Crippen molar-refractivity contribution < 1.29 is 38.9 Å². The van der Waals surface area contributed by atoms with E-state index in [0.29, 0.717) is 12.3 Å². The van der Waals surface area contributed by atoms with Crippen molar-refractivity contribution in [3.63, 3.8) is 0 Å². The summed E-state index contributed by atoms with van der Waals surface area (Å²) in [5.74, 6) is -0.547. The molecule has 0 aliphatic rings. The predicted molar refractivity (Wildman–Crippen MR) is 202 cm³/mol. The van der Waals surface area contributed by atoms with Crippen molar-refractivity contribution in [2.45, 2.75) is 91.1 Å². The summed E-state index contributed by atoms with van der Waals surface area (Å²) < 4.78 is 10.1. The number of benzene rings is 2. The van der Waals surface area contributed by atoms with Gasteiger partial charge in [-0.1, -0.05) is 102 Å². The molecule has 0 saturated carbocycles. The monoisotopic (exact) mass is 733 g/mol. The number of likely N-dealkylation sites (N-methyl/N-ethyl adjacent to an activating group) is 1. The third-order valence-electron chi connectivity index (χ3n) is 8.96. The van der Waals surface area contributed by atoms with Crippen molar-refractivity contribution in [3.05, 3.63) is 83.9 Å². The van der Waals surface area contributed by atoms with Gasteiger partial charge in [-0.2, -0.15) is 0 Å². The van der Waals surface area contributed by atoms with E-state index in [0.717, 1.165) is 27.3 Å². The molecule has 53 heavy (non-hydrogen) atoms. The second kappa shape index (κ2) is 18.5. The van der Waals surface area contributed by atoms with Gasteiger partial charge in [-0.05, 0) is 47.3 Å². The molecule has 1 aromatic heterocycles. The van der Waals surface area contributed by atoms with E-state index in [4.69, 9.17) is 9.47 Å². The lowest BCUT2D eigenvalue weighted by molar-refractivity contribution is -0.131. The van der Waals surface area contributed by atoms with E-state index in [2.05, 4.69) is 20.9 Å². The molecule has 288 valence electrons. The van der Waals surface area contributed by atoms with E-state index >= 15 is 0 Å². The lowest BCUT2D eigenvalue weighted by Crippen LogP contribution is -2.59. The van der Waals surface area contributed by atoms with Crippen LogP contribution in [0.15, 0.2) is 72.8 Å². The van der Waals surface area contributed by atoms with Crippen LogP contribution < -0.4 is 20.7 Å². The van der Waals surface area contributed by atoms with E-state index < -0.39 is 65.1 Å². The first-order valence-electron chi connectivity index (χ1n) is 17.6. The number of ether oxygens (including phenoxy) is 2. The number of hydrogen-bond acceptors (Lipinski definition) is 8. The summed E-state index contributed by atoms with van der Waals surface area (Å²) in [5.41, 5.74) is 1.80. The zero-order valence-corrected chi connectivity index (χ0v) is 32.2. The number of rotatable bonds is 15. The Bertz CT molecular complexity index is 1670. The molecular formula is C40H55N5O8. The fourth-order valence-corrected chi connectivity index (χ4v) is 6.24. The van der Waals surface area contributed by atoms with Crippen LogP contribution in [0.4, 0.5) is 9.59 Å².